The van der Waals surface area contributed by atoms with Gasteiger partial charge in [-0.2, -0.15) is 0 Å². The largest absolute Gasteiger partial charge is 1.00 e. The van der Waals surface area contributed by atoms with Gasteiger partial charge in [-0.3, -0.25) is 0 Å². The first kappa shape index (κ1) is 15.4. The molecule has 0 bridgehead atoms. The van der Waals surface area contributed by atoms with Crippen LogP contribution in [0.1, 0.15) is 0 Å². The minimum atomic E-state index is -2.18. The Balaban J connectivity index is 0. The van der Waals surface area contributed by atoms with Crippen LogP contribution in [0.15, 0.2) is 0 Å². The molecule has 12 heavy (non-hydrogen) atoms. The second-order valence-electron chi connectivity index (χ2n) is 2.00. The second kappa shape index (κ2) is 7.36. The smallest absolute Gasteiger partial charge is 0.547 e. The number of carboxylic acids is 1. The Hall–Kier alpha value is 0.946. The fourth-order valence-corrected chi connectivity index (χ4v) is 0.458. The normalized spacial score (nSPS) is 17.3. The topological polar surface area (TPSA) is 121 Å². The zero-order valence-corrected chi connectivity index (χ0v) is 9.67. The number of aliphatic carboxylic acids is 1. The maximum atomic E-state index is 9.85. The van der Waals surface area contributed by atoms with E-state index in [2.05, 4.69) is 0 Å². The summed E-state index contributed by atoms with van der Waals surface area (Å²) >= 11 is 0. The van der Waals surface area contributed by atoms with Crippen molar-refractivity contribution < 1.29 is 81.7 Å². The van der Waals surface area contributed by atoms with Gasteiger partial charge in [-0.25, -0.2) is 0 Å². The Morgan fingerprint density at radius 2 is 1.75 bits per heavy atom. The van der Waals surface area contributed by atoms with Crippen LogP contribution in [0.3, 0.4) is 0 Å². The molecule has 0 amide bonds. The summed E-state index contributed by atoms with van der Waals surface area (Å²) in [6.07, 6.45) is -5.79. The van der Waals surface area contributed by atoms with E-state index in [1.807, 2.05) is 0 Å². The molecule has 0 aliphatic rings. The number of carbonyl (C=O) groups excluding carboxylic acids is 1. The molecule has 4 N–H and O–H groups in total. The molecule has 0 fully saturated rings. The van der Waals surface area contributed by atoms with E-state index < -0.39 is 30.9 Å². The molecule has 0 saturated carbocycles. The predicted octanol–water partition coefficient (Wildman–Crippen LogP) is -7.18. The summed E-state index contributed by atoms with van der Waals surface area (Å²) in [4.78, 5) is 9.85. The van der Waals surface area contributed by atoms with Crippen molar-refractivity contribution in [3.63, 3.8) is 0 Å². The quantitative estimate of drug-likeness (QED) is 0.338. The molecule has 0 unspecified atom stereocenters. The van der Waals surface area contributed by atoms with Crippen LogP contribution in [0.4, 0.5) is 0 Å². The van der Waals surface area contributed by atoms with Gasteiger partial charge in [0.25, 0.3) is 0 Å². The molecule has 0 aromatic heterocycles. The minimum Gasteiger partial charge on any atom is -0.547 e. The summed E-state index contributed by atoms with van der Waals surface area (Å²) < 4.78 is 0. The van der Waals surface area contributed by atoms with Gasteiger partial charge in [-0.1, -0.05) is 0 Å². The monoisotopic (exact) mass is 204 g/mol. The number of rotatable bonds is 4. The summed E-state index contributed by atoms with van der Waals surface area (Å²) in [6.45, 7) is -0.828. The second-order valence-corrected chi connectivity index (χ2v) is 2.00. The van der Waals surface area contributed by atoms with Crippen LogP contribution in [0.2, 0.25) is 0 Å². The third-order valence-corrected chi connectivity index (χ3v) is 1.15. The number of hydrogen-bond acceptors (Lipinski definition) is 6. The first-order valence-electron chi connectivity index (χ1n) is 2.86. The van der Waals surface area contributed by atoms with E-state index in [-0.39, 0.29) is 51.4 Å². The Bertz CT molecular complexity index is 140. The first-order valence-corrected chi connectivity index (χ1v) is 2.86. The van der Waals surface area contributed by atoms with Crippen LogP contribution in [0, 0.1) is 0 Å². The number of carboxylic acid groups (broad SMARTS) is 1. The van der Waals surface area contributed by atoms with E-state index in [0.29, 0.717) is 0 Å². The van der Waals surface area contributed by atoms with Crippen molar-refractivity contribution in [2.24, 2.45) is 0 Å². The molecule has 3 atom stereocenters. The molecule has 0 aromatic rings. The van der Waals surface area contributed by atoms with Crippen molar-refractivity contribution in [1.29, 1.82) is 0 Å². The van der Waals surface area contributed by atoms with Gasteiger partial charge in [0.05, 0.1) is 12.6 Å². The Kier molecular flexibility index (Phi) is 9.46. The van der Waals surface area contributed by atoms with Gasteiger partial charge in [0.15, 0.2) is 0 Å². The van der Waals surface area contributed by atoms with Crippen molar-refractivity contribution in [3.8, 4) is 0 Å². The SMILES string of the molecule is O=C([O-])[C@@H](O)[C@H](O)[C@H](O)CO.[K+]. The average molecular weight is 204 g/mol. The van der Waals surface area contributed by atoms with Gasteiger partial charge in [0.2, 0.25) is 0 Å². The van der Waals surface area contributed by atoms with E-state index in [4.69, 9.17) is 20.4 Å². The molecular formula is C5H9KO6. The first-order chi connectivity index (χ1) is 5.00. The van der Waals surface area contributed by atoms with Crippen LogP contribution in [-0.4, -0.2) is 51.3 Å². The molecule has 0 aliphatic carbocycles. The summed E-state index contributed by atoms with van der Waals surface area (Å²) in [6, 6.07) is 0. The van der Waals surface area contributed by atoms with Crippen molar-refractivity contribution in [3.05, 3.63) is 0 Å². The fraction of sp³-hybridized carbons (Fsp3) is 0.800. The molecule has 7 heteroatoms. The van der Waals surface area contributed by atoms with Gasteiger partial charge >= 0.3 is 51.4 Å². The maximum Gasteiger partial charge on any atom is 1.00 e. The zero-order chi connectivity index (χ0) is 9.02. The Morgan fingerprint density at radius 3 is 2.00 bits per heavy atom. The van der Waals surface area contributed by atoms with Crippen LogP contribution >= 0.6 is 0 Å². The fourth-order valence-electron chi connectivity index (χ4n) is 0.458. The summed E-state index contributed by atoms with van der Waals surface area (Å²) in [5.41, 5.74) is 0. The van der Waals surface area contributed by atoms with Crippen molar-refractivity contribution in [2.75, 3.05) is 6.61 Å². The molecule has 0 aliphatic heterocycles. The van der Waals surface area contributed by atoms with E-state index in [1.54, 1.807) is 0 Å². The third kappa shape index (κ3) is 4.85. The van der Waals surface area contributed by atoms with E-state index in [0.717, 1.165) is 0 Å². The molecule has 0 spiro atoms. The van der Waals surface area contributed by atoms with E-state index in [9.17, 15) is 9.90 Å². The molecular weight excluding hydrogens is 195 g/mol. The Morgan fingerprint density at radius 1 is 1.33 bits per heavy atom. The molecule has 0 aromatic carbocycles. The van der Waals surface area contributed by atoms with Crippen molar-refractivity contribution in [2.45, 2.75) is 18.3 Å². The molecule has 0 rings (SSSR count). The number of hydrogen-bond donors (Lipinski definition) is 4. The van der Waals surface area contributed by atoms with Gasteiger partial charge in [0, 0.05) is 0 Å². The molecule has 0 heterocycles. The minimum absolute atomic E-state index is 0. The third-order valence-electron chi connectivity index (χ3n) is 1.15. The van der Waals surface area contributed by atoms with Crippen molar-refractivity contribution >= 4 is 5.97 Å². The van der Waals surface area contributed by atoms with Crippen molar-refractivity contribution in [1.82, 2.24) is 0 Å². The van der Waals surface area contributed by atoms with Crippen LogP contribution in [0.25, 0.3) is 0 Å². The predicted molar refractivity (Wildman–Crippen MR) is 30.1 cm³/mol. The Labute approximate surface area is 111 Å². The van der Waals surface area contributed by atoms with Gasteiger partial charge < -0.3 is 30.3 Å². The van der Waals surface area contributed by atoms with Gasteiger partial charge in [0.1, 0.15) is 18.3 Å². The molecule has 6 nitrogen and oxygen atoms in total. The summed E-state index contributed by atoms with van der Waals surface area (Å²) in [7, 11) is 0. The van der Waals surface area contributed by atoms with Gasteiger partial charge in [-0.15, -0.1) is 0 Å². The van der Waals surface area contributed by atoms with E-state index in [1.165, 1.54) is 0 Å². The average Bonchev–Trinajstić information content (AvgIpc) is 2.00. The molecule has 0 saturated heterocycles. The number of aliphatic hydroxyl groups is 4. The maximum absolute atomic E-state index is 9.85. The number of carbonyl (C=O) groups is 1. The molecule has 0 radical (unpaired) electrons. The molecule has 66 valence electrons. The van der Waals surface area contributed by atoms with Gasteiger partial charge in [-0.05, 0) is 0 Å². The summed E-state index contributed by atoms with van der Waals surface area (Å²) in [5, 5.41) is 43.8. The van der Waals surface area contributed by atoms with Crippen LogP contribution in [0.5, 0.6) is 0 Å². The standard InChI is InChI=1S/C5H10O6.K/c6-1-2(7)3(8)4(9)5(10)11;/h2-4,6-9H,1H2,(H,10,11);/q;+1/p-1/t2-,3-,4+;/m1./s1. The zero-order valence-electron chi connectivity index (χ0n) is 6.54. The van der Waals surface area contributed by atoms with Crippen LogP contribution in [-0.2, 0) is 4.79 Å². The van der Waals surface area contributed by atoms with Crippen LogP contribution < -0.4 is 56.5 Å². The summed E-state index contributed by atoms with van der Waals surface area (Å²) in [5.74, 6) is -1.90. The number of aliphatic hydroxyl groups excluding tert-OH is 4. The van der Waals surface area contributed by atoms with E-state index >= 15 is 0 Å².